The molecule has 118 valence electrons. The molecule has 0 radical (unpaired) electrons. The lowest BCUT2D eigenvalue weighted by molar-refractivity contribution is 0.0652. The Bertz CT molecular complexity index is 488. The van der Waals surface area contributed by atoms with Crippen molar-refractivity contribution in [3.8, 4) is 0 Å². The SMILES string of the molecule is Cc1c(C(=O)N(C)C2CCC(CO)CC2)cnn1C(C)C. The van der Waals surface area contributed by atoms with Crippen LogP contribution in [0.15, 0.2) is 6.20 Å². The van der Waals surface area contributed by atoms with Crippen molar-refractivity contribution in [1.29, 1.82) is 0 Å². The normalized spacial score (nSPS) is 22.6. The second kappa shape index (κ2) is 6.60. The second-order valence-corrected chi connectivity index (χ2v) is 6.46. The lowest BCUT2D eigenvalue weighted by Gasteiger charge is -2.34. The molecule has 1 N–H and O–H groups in total. The van der Waals surface area contributed by atoms with Crippen molar-refractivity contribution in [3.05, 3.63) is 17.5 Å². The highest BCUT2D eigenvalue weighted by atomic mass is 16.3. The summed E-state index contributed by atoms with van der Waals surface area (Å²) in [5.41, 5.74) is 1.64. The number of hydrogen-bond donors (Lipinski definition) is 1. The summed E-state index contributed by atoms with van der Waals surface area (Å²) in [4.78, 5) is 14.5. The molecule has 1 aromatic heterocycles. The minimum Gasteiger partial charge on any atom is -0.396 e. The molecule has 0 saturated heterocycles. The molecule has 1 amide bonds. The summed E-state index contributed by atoms with van der Waals surface area (Å²) in [5, 5.41) is 13.5. The zero-order valence-electron chi connectivity index (χ0n) is 13.5. The lowest BCUT2D eigenvalue weighted by atomic mass is 9.86. The fraction of sp³-hybridized carbons (Fsp3) is 0.750. The number of rotatable bonds is 4. The van der Waals surface area contributed by atoms with Crippen molar-refractivity contribution < 1.29 is 9.90 Å². The maximum atomic E-state index is 12.7. The molecular formula is C16H27N3O2. The van der Waals surface area contributed by atoms with E-state index in [0.29, 0.717) is 11.5 Å². The molecule has 21 heavy (non-hydrogen) atoms. The van der Waals surface area contributed by atoms with Crippen LogP contribution in [0.3, 0.4) is 0 Å². The van der Waals surface area contributed by atoms with Crippen LogP contribution in [0.2, 0.25) is 0 Å². The minimum absolute atomic E-state index is 0.0619. The van der Waals surface area contributed by atoms with Gasteiger partial charge in [0.15, 0.2) is 0 Å². The first-order chi connectivity index (χ1) is 9.95. The summed E-state index contributed by atoms with van der Waals surface area (Å²) < 4.78 is 1.89. The van der Waals surface area contributed by atoms with E-state index in [1.165, 1.54) is 0 Å². The molecule has 0 unspecified atom stereocenters. The molecule has 0 spiro atoms. The molecule has 5 nitrogen and oxygen atoms in total. The van der Waals surface area contributed by atoms with Gasteiger partial charge in [-0.2, -0.15) is 5.10 Å². The van der Waals surface area contributed by atoms with Crippen molar-refractivity contribution in [2.75, 3.05) is 13.7 Å². The molecule has 2 rings (SSSR count). The van der Waals surface area contributed by atoms with Crippen LogP contribution >= 0.6 is 0 Å². The average molecular weight is 293 g/mol. The van der Waals surface area contributed by atoms with Crippen LogP contribution in [0.1, 0.15) is 61.6 Å². The number of aliphatic hydroxyl groups is 1. The zero-order valence-corrected chi connectivity index (χ0v) is 13.5. The van der Waals surface area contributed by atoms with Gasteiger partial charge in [-0.15, -0.1) is 0 Å². The first-order valence-electron chi connectivity index (χ1n) is 7.87. The van der Waals surface area contributed by atoms with Crippen LogP contribution in [-0.4, -0.2) is 45.4 Å². The van der Waals surface area contributed by atoms with Crippen LogP contribution in [0.4, 0.5) is 0 Å². The van der Waals surface area contributed by atoms with Crippen LogP contribution in [0.25, 0.3) is 0 Å². The lowest BCUT2D eigenvalue weighted by Crippen LogP contribution is -2.40. The van der Waals surface area contributed by atoms with Gasteiger partial charge in [-0.25, -0.2) is 0 Å². The molecule has 1 aliphatic carbocycles. The Kier molecular flexibility index (Phi) is 5.04. The zero-order chi connectivity index (χ0) is 15.6. The van der Waals surface area contributed by atoms with Gasteiger partial charge in [0, 0.05) is 31.4 Å². The van der Waals surface area contributed by atoms with E-state index >= 15 is 0 Å². The van der Waals surface area contributed by atoms with Gasteiger partial charge in [0.25, 0.3) is 5.91 Å². The van der Waals surface area contributed by atoms with Crippen molar-refractivity contribution in [2.24, 2.45) is 5.92 Å². The van der Waals surface area contributed by atoms with E-state index in [2.05, 4.69) is 18.9 Å². The van der Waals surface area contributed by atoms with E-state index in [4.69, 9.17) is 0 Å². The van der Waals surface area contributed by atoms with E-state index in [-0.39, 0.29) is 24.6 Å². The Morgan fingerprint density at radius 1 is 1.43 bits per heavy atom. The maximum Gasteiger partial charge on any atom is 0.257 e. The summed E-state index contributed by atoms with van der Waals surface area (Å²) >= 11 is 0. The molecule has 0 bridgehead atoms. The molecule has 1 aliphatic rings. The Hall–Kier alpha value is -1.36. The monoisotopic (exact) mass is 293 g/mol. The highest BCUT2D eigenvalue weighted by Gasteiger charge is 2.28. The van der Waals surface area contributed by atoms with Gasteiger partial charge < -0.3 is 10.0 Å². The van der Waals surface area contributed by atoms with Gasteiger partial charge in [-0.1, -0.05) is 0 Å². The highest BCUT2D eigenvalue weighted by Crippen LogP contribution is 2.27. The van der Waals surface area contributed by atoms with Gasteiger partial charge in [-0.05, 0) is 52.4 Å². The van der Waals surface area contributed by atoms with Gasteiger partial charge in [0.2, 0.25) is 0 Å². The summed E-state index contributed by atoms with van der Waals surface area (Å²) in [6.07, 6.45) is 5.65. The molecule has 1 saturated carbocycles. The van der Waals surface area contributed by atoms with Crippen molar-refractivity contribution in [3.63, 3.8) is 0 Å². The highest BCUT2D eigenvalue weighted by molar-refractivity contribution is 5.95. The van der Waals surface area contributed by atoms with Crippen LogP contribution in [0.5, 0.6) is 0 Å². The number of carbonyl (C=O) groups excluding carboxylic acids is 1. The number of hydrogen-bond acceptors (Lipinski definition) is 3. The molecule has 5 heteroatoms. The Balaban J connectivity index is 2.06. The minimum atomic E-state index is 0.0619. The second-order valence-electron chi connectivity index (χ2n) is 6.46. The van der Waals surface area contributed by atoms with E-state index in [1.807, 2.05) is 23.6 Å². The number of aliphatic hydroxyl groups excluding tert-OH is 1. The van der Waals surface area contributed by atoms with Gasteiger partial charge in [-0.3, -0.25) is 9.48 Å². The Labute approximate surface area is 126 Å². The standard InChI is InChI=1S/C16H27N3O2/c1-11(2)19-12(3)15(9-17-19)16(21)18(4)14-7-5-13(10-20)6-8-14/h9,11,13-14,20H,5-8,10H2,1-4H3. The molecule has 0 aliphatic heterocycles. The number of amides is 1. The molecule has 1 fully saturated rings. The quantitative estimate of drug-likeness (QED) is 0.927. The molecule has 1 aromatic rings. The summed E-state index contributed by atoms with van der Waals surface area (Å²) in [6.45, 7) is 6.35. The Morgan fingerprint density at radius 3 is 2.52 bits per heavy atom. The first-order valence-corrected chi connectivity index (χ1v) is 7.87. The van der Waals surface area contributed by atoms with Crippen molar-refractivity contribution >= 4 is 5.91 Å². The molecular weight excluding hydrogens is 266 g/mol. The fourth-order valence-corrected chi connectivity index (χ4v) is 3.22. The molecule has 0 aromatic carbocycles. The maximum absolute atomic E-state index is 12.7. The van der Waals surface area contributed by atoms with Gasteiger partial charge in [0.1, 0.15) is 0 Å². The topological polar surface area (TPSA) is 58.4 Å². The van der Waals surface area contributed by atoms with Crippen molar-refractivity contribution in [1.82, 2.24) is 14.7 Å². The number of carbonyl (C=O) groups is 1. The fourth-order valence-electron chi connectivity index (χ4n) is 3.22. The first kappa shape index (κ1) is 16.0. The summed E-state index contributed by atoms with van der Waals surface area (Å²) in [7, 11) is 1.89. The third-order valence-electron chi connectivity index (χ3n) is 4.71. The van der Waals surface area contributed by atoms with Gasteiger partial charge >= 0.3 is 0 Å². The Morgan fingerprint density at radius 2 is 2.05 bits per heavy atom. The predicted octanol–water partition coefficient (Wildman–Crippen LogP) is 2.40. The molecule has 0 atom stereocenters. The van der Waals surface area contributed by atoms with E-state index in [1.54, 1.807) is 6.20 Å². The molecule has 1 heterocycles. The third kappa shape index (κ3) is 3.28. The van der Waals surface area contributed by atoms with Crippen LogP contribution < -0.4 is 0 Å². The summed E-state index contributed by atoms with van der Waals surface area (Å²) in [6, 6.07) is 0.541. The van der Waals surface area contributed by atoms with Crippen molar-refractivity contribution in [2.45, 2.75) is 58.5 Å². The average Bonchev–Trinajstić information content (AvgIpc) is 2.87. The predicted molar refractivity (Wildman–Crippen MR) is 82.3 cm³/mol. The van der Waals surface area contributed by atoms with Crippen LogP contribution in [-0.2, 0) is 0 Å². The number of aromatic nitrogens is 2. The smallest absolute Gasteiger partial charge is 0.257 e. The van der Waals surface area contributed by atoms with Crippen LogP contribution in [0, 0.1) is 12.8 Å². The van der Waals surface area contributed by atoms with E-state index in [0.717, 1.165) is 31.4 Å². The van der Waals surface area contributed by atoms with E-state index < -0.39 is 0 Å². The van der Waals surface area contributed by atoms with E-state index in [9.17, 15) is 9.90 Å². The largest absolute Gasteiger partial charge is 0.396 e. The third-order valence-corrected chi connectivity index (χ3v) is 4.71. The van der Waals surface area contributed by atoms with Gasteiger partial charge in [0.05, 0.1) is 11.8 Å². The summed E-state index contributed by atoms with van der Waals surface area (Å²) in [5.74, 6) is 0.474. The number of nitrogens with zero attached hydrogens (tertiary/aromatic N) is 3.